The molecule has 1 nitrogen and oxygen atoms in total. The zero-order valence-corrected chi connectivity index (χ0v) is 11.8. The Labute approximate surface area is 113 Å². The fraction of sp³-hybridized carbons (Fsp3) is 0.375. The summed E-state index contributed by atoms with van der Waals surface area (Å²) in [4.78, 5) is 2.84. The van der Waals surface area contributed by atoms with Crippen molar-refractivity contribution < 1.29 is 0 Å². The topological polar surface area (TPSA) is 12.0 Å². The number of benzene rings is 1. The molecule has 0 bridgehead atoms. The number of rotatable bonds is 3. The molecule has 1 atom stereocenters. The normalized spacial score (nSPS) is 16.8. The van der Waals surface area contributed by atoms with Gasteiger partial charge in [0.2, 0.25) is 0 Å². The van der Waals surface area contributed by atoms with Crippen LogP contribution in [0.2, 0.25) is 0 Å². The van der Waals surface area contributed by atoms with E-state index in [0.29, 0.717) is 12.1 Å². The van der Waals surface area contributed by atoms with Crippen molar-refractivity contribution in [3.05, 3.63) is 57.3 Å². The molecule has 2 aromatic rings. The molecule has 1 heterocycles. The van der Waals surface area contributed by atoms with E-state index in [9.17, 15) is 0 Å². The summed E-state index contributed by atoms with van der Waals surface area (Å²) in [6, 6.07) is 14.3. The monoisotopic (exact) mass is 257 g/mol. The third-order valence-electron chi connectivity index (χ3n) is 3.72. The first-order valence-corrected chi connectivity index (χ1v) is 7.43. The summed E-state index contributed by atoms with van der Waals surface area (Å²) in [6.45, 7) is 4.45. The van der Waals surface area contributed by atoms with Crippen molar-refractivity contribution in [3.8, 4) is 0 Å². The molecule has 0 spiro atoms. The van der Waals surface area contributed by atoms with E-state index >= 15 is 0 Å². The highest BCUT2D eigenvalue weighted by Crippen LogP contribution is 2.26. The van der Waals surface area contributed by atoms with Crippen LogP contribution in [0.25, 0.3) is 0 Å². The van der Waals surface area contributed by atoms with E-state index in [1.54, 1.807) is 0 Å². The highest BCUT2D eigenvalue weighted by atomic mass is 32.1. The second-order valence-electron chi connectivity index (χ2n) is 5.21. The quantitative estimate of drug-likeness (QED) is 0.880. The average Bonchev–Trinajstić information content (AvgIpc) is 2.94. The lowest BCUT2D eigenvalue weighted by Crippen LogP contribution is -2.31. The van der Waals surface area contributed by atoms with Gasteiger partial charge in [-0.3, -0.25) is 0 Å². The SMILES string of the molecule is Cc1ccc(C(C)NC2Cc3ccccc3C2)s1. The summed E-state index contributed by atoms with van der Waals surface area (Å²) in [5.41, 5.74) is 3.04. The van der Waals surface area contributed by atoms with Gasteiger partial charge in [0.1, 0.15) is 0 Å². The maximum absolute atomic E-state index is 3.77. The van der Waals surface area contributed by atoms with Crippen molar-refractivity contribution >= 4 is 11.3 Å². The second-order valence-corrected chi connectivity index (χ2v) is 6.53. The Kier molecular flexibility index (Phi) is 3.23. The van der Waals surface area contributed by atoms with Crippen LogP contribution in [0.4, 0.5) is 0 Å². The van der Waals surface area contributed by atoms with Crippen LogP contribution >= 0.6 is 11.3 Å². The molecule has 18 heavy (non-hydrogen) atoms. The highest BCUT2D eigenvalue weighted by Gasteiger charge is 2.22. The molecule has 1 aromatic carbocycles. The first-order valence-electron chi connectivity index (χ1n) is 6.61. The lowest BCUT2D eigenvalue weighted by molar-refractivity contribution is 0.472. The Morgan fingerprint density at radius 3 is 2.33 bits per heavy atom. The molecule has 0 radical (unpaired) electrons. The van der Waals surface area contributed by atoms with Crippen molar-refractivity contribution in [2.24, 2.45) is 0 Å². The van der Waals surface area contributed by atoms with E-state index in [1.165, 1.54) is 33.7 Å². The maximum atomic E-state index is 3.77. The number of thiophene rings is 1. The smallest absolute Gasteiger partial charge is 0.0388 e. The van der Waals surface area contributed by atoms with Gasteiger partial charge < -0.3 is 5.32 Å². The molecule has 94 valence electrons. The van der Waals surface area contributed by atoms with Gasteiger partial charge in [-0.25, -0.2) is 0 Å². The van der Waals surface area contributed by atoms with Crippen molar-refractivity contribution in [3.63, 3.8) is 0 Å². The summed E-state index contributed by atoms with van der Waals surface area (Å²) >= 11 is 1.90. The van der Waals surface area contributed by atoms with Gasteiger partial charge in [-0.05, 0) is 49.9 Å². The van der Waals surface area contributed by atoms with Gasteiger partial charge in [0.25, 0.3) is 0 Å². The van der Waals surface area contributed by atoms with Gasteiger partial charge in [-0.1, -0.05) is 24.3 Å². The fourth-order valence-corrected chi connectivity index (χ4v) is 3.69. The average molecular weight is 257 g/mol. The Balaban J connectivity index is 1.66. The molecule has 2 heteroatoms. The van der Waals surface area contributed by atoms with Gasteiger partial charge in [-0.2, -0.15) is 0 Å². The van der Waals surface area contributed by atoms with Gasteiger partial charge in [0.15, 0.2) is 0 Å². The van der Waals surface area contributed by atoms with Gasteiger partial charge in [0, 0.05) is 21.8 Å². The number of fused-ring (bicyclic) bond motifs is 1. The van der Waals surface area contributed by atoms with Crippen LogP contribution < -0.4 is 5.32 Å². The molecule has 0 amide bonds. The van der Waals surface area contributed by atoms with Crippen molar-refractivity contribution in [2.45, 2.75) is 38.8 Å². The predicted molar refractivity (Wildman–Crippen MR) is 78.2 cm³/mol. The Morgan fingerprint density at radius 1 is 1.11 bits per heavy atom. The summed E-state index contributed by atoms with van der Waals surface area (Å²) < 4.78 is 0. The van der Waals surface area contributed by atoms with E-state index in [2.05, 4.69) is 55.6 Å². The predicted octanol–water partition coefficient (Wildman–Crippen LogP) is 3.87. The standard InChI is InChI=1S/C16H19NS/c1-11-7-8-16(18-11)12(2)17-15-9-13-5-3-4-6-14(13)10-15/h3-8,12,15,17H,9-10H2,1-2H3. The zero-order chi connectivity index (χ0) is 12.5. The van der Waals surface area contributed by atoms with Gasteiger partial charge in [-0.15, -0.1) is 11.3 Å². The van der Waals surface area contributed by atoms with Crippen LogP contribution in [-0.4, -0.2) is 6.04 Å². The first kappa shape index (κ1) is 11.9. The molecule has 1 N–H and O–H groups in total. The molecule has 1 unspecified atom stereocenters. The molecule has 0 fully saturated rings. The molecule has 0 aliphatic heterocycles. The van der Waals surface area contributed by atoms with Crippen LogP contribution in [0, 0.1) is 6.92 Å². The molecular weight excluding hydrogens is 238 g/mol. The lowest BCUT2D eigenvalue weighted by atomic mass is 10.1. The summed E-state index contributed by atoms with van der Waals surface area (Å²) in [5, 5.41) is 3.77. The number of aryl methyl sites for hydroxylation is 1. The Bertz CT molecular complexity index is 519. The van der Waals surface area contributed by atoms with E-state index in [4.69, 9.17) is 0 Å². The lowest BCUT2D eigenvalue weighted by Gasteiger charge is -2.18. The van der Waals surface area contributed by atoms with E-state index in [1.807, 2.05) is 11.3 Å². The number of hydrogen-bond donors (Lipinski definition) is 1. The summed E-state index contributed by atoms with van der Waals surface area (Å²) in [6.07, 6.45) is 2.34. The molecule has 1 aliphatic carbocycles. The maximum Gasteiger partial charge on any atom is 0.0388 e. The van der Waals surface area contributed by atoms with Crippen molar-refractivity contribution in [1.29, 1.82) is 0 Å². The van der Waals surface area contributed by atoms with Crippen LogP contribution in [0.15, 0.2) is 36.4 Å². The van der Waals surface area contributed by atoms with E-state index < -0.39 is 0 Å². The van der Waals surface area contributed by atoms with E-state index in [0.717, 1.165) is 0 Å². The Morgan fingerprint density at radius 2 is 1.78 bits per heavy atom. The largest absolute Gasteiger partial charge is 0.306 e. The molecular formula is C16H19NS. The number of nitrogens with one attached hydrogen (secondary N) is 1. The third-order valence-corrected chi connectivity index (χ3v) is 4.91. The molecule has 3 rings (SSSR count). The highest BCUT2D eigenvalue weighted by molar-refractivity contribution is 7.12. The molecule has 1 aromatic heterocycles. The van der Waals surface area contributed by atoms with Crippen LogP contribution in [0.5, 0.6) is 0 Å². The minimum absolute atomic E-state index is 0.461. The van der Waals surface area contributed by atoms with Gasteiger partial charge in [0.05, 0.1) is 0 Å². The zero-order valence-electron chi connectivity index (χ0n) is 10.9. The minimum atomic E-state index is 0.461. The summed E-state index contributed by atoms with van der Waals surface area (Å²) in [5.74, 6) is 0. The van der Waals surface area contributed by atoms with Crippen LogP contribution in [0.1, 0.15) is 33.8 Å². The molecule has 0 saturated heterocycles. The minimum Gasteiger partial charge on any atom is -0.306 e. The second kappa shape index (κ2) is 4.87. The van der Waals surface area contributed by atoms with Crippen LogP contribution in [0.3, 0.4) is 0 Å². The molecule has 0 saturated carbocycles. The first-order chi connectivity index (χ1) is 8.72. The third kappa shape index (κ3) is 2.36. The summed E-state index contributed by atoms with van der Waals surface area (Å²) in [7, 11) is 0. The molecule has 1 aliphatic rings. The van der Waals surface area contributed by atoms with Crippen LogP contribution in [-0.2, 0) is 12.8 Å². The van der Waals surface area contributed by atoms with Gasteiger partial charge >= 0.3 is 0 Å². The van der Waals surface area contributed by atoms with E-state index in [-0.39, 0.29) is 0 Å². The van der Waals surface area contributed by atoms with Crippen molar-refractivity contribution in [2.75, 3.05) is 0 Å². The number of hydrogen-bond acceptors (Lipinski definition) is 2. The Hall–Kier alpha value is -1.12. The fourth-order valence-electron chi connectivity index (χ4n) is 2.80. The van der Waals surface area contributed by atoms with Crippen molar-refractivity contribution in [1.82, 2.24) is 5.32 Å².